The van der Waals surface area contributed by atoms with Crippen molar-refractivity contribution in [2.24, 2.45) is 4.99 Å². The minimum Gasteiger partial charge on any atom is -0.249 e. The fourth-order valence-electron chi connectivity index (χ4n) is 0.673. The van der Waals surface area contributed by atoms with Gasteiger partial charge in [-0.25, -0.2) is 9.78 Å². The predicted molar refractivity (Wildman–Crippen MR) is 37.0 cm³/mol. The third kappa shape index (κ3) is 2.38. The molecule has 0 aliphatic carbocycles. The Kier molecular flexibility index (Phi) is 2.44. The van der Waals surface area contributed by atoms with Gasteiger partial charge in [-0.15, -0.1) is 0 Å². The summed E-state index contributed by atoms with van der Waals surface area (Å²) in [6.07, 6.45) is -2.42. The molecule has 1 heterocycles. The molecule has 1 aromatic heterocycles. The van der Waals surface area contributed by atoms with Crippen LogP contribution in [0.25, 0.3) is 0 Å². The molecule has 68 valence electrons. The maximum Gasteiger partial charge on any atom is 0.433 e. The van der Waals surface area contributed by atoms with Gasteiger partial charge in [0, 0.05) is 0 Å². The molecule has 0 N–H and O–H groups in total. The fourth-order valence-corrected chi connectivity index (χ4v) is 0.673. The van der Waals surface area contributed by atoms with E-state index in [4.69, 9.17) is 0 Å². The van der Waals surface area contributed by atoms with Gasteiger partial charge in [0.2, 0.25) is 6.08 Å². The molecular weight excluding hydrogens is 185 g/mol. The van der Waals surface area contributed by atoms with Crippen LogP contribution in [0.1, 0.15) is 5.69 Å². The third-order valence-corrected chi connectivity index (χ3v) is 1.21. The van der Waals surface area contributed by atoms with Crippen LogP contribution in [0.3, 0.4) is 0 Å². The summed E-state index contributed by atoms with van der Waals surface area (Å²) in [5.41, 5.74) is -0.972. The molecule has 0 amide bonds. The van der Waals surface area contributed by atoms with Gasteiger partial charge in [0.1, 0.15) is 5.69 Å². The average molecular weight is 188 g/mol. The number of hydrogen-bond acceptors (Lipinski definition) is 3. The standard InChI is InChI=1S/C7H3F3N2O/c8-7(9,10)6-2-1-5(3-11-6)12-4-13/h1-3H. The predicted octanol–water partition coefficient (Wildman–Crippen LogP) is 2.07. The number of alkyl halides is 3. The van der Waals surface area contributed by atoms with Crippen LogP contribution in [0.2, 0.25) is 0 Å². The molecule has 0 atom stereocenters. The van der Waals surface area contributed by atoms with Crippen LogP contribution in [0.5, 0.6) is 0 Å². The monoisotopic (exact) mass is 188 g/mol. The van der Waals surface area contributed by atoms with Crippen molar-refractivity contribution in [2.75, 3.05) is 0 Å². The molecule has 0 unspecified atom stereocenters. The quantitative estimate of drug-likeness (QED) is 0.500. The molecule has 0 radical (unpaired) electrons. The van der Waals surface area contributed by atoms with Gasteiger partial charge < -0.3 is 0 Å². The number of isocyanates is 1. The number of hydrogen-bond donors (Lipinski definition) is 0. The SMILES string of the molecule is O=C=Nc1ccc(C(F)(F)F)nc1. The van der Waals surface area contributed by atoms with E-state index in [9.17, 15) is 18.0 Å². The highest BCUT2D eigenvalue weighted by Gasteiger charge is 2.31. The Morgan fingerprint density at radius 1 is 1.38 bits per heavy atom. The van der Waals surface area contributed by atoms with Crippen LogP contribution in [-0.2, 0) is 11.0 Å². The summed E-state index contributed by atoms with van der Waals surface area (Å²) < 4.78 is 35.8. The minimum absolute atomic E-state index is 0.0444. The van der Waals surface area contributed by atoms with Crippen LogP contribution < -0.4 is 0 Å². The molecule has 1 aromatic rings. The lowest BCUT2D eigenvalue weighted by Crippen LogP contribution is -2.06. The van der Waals surface area contributed by atoms with Crippen LogP contribution >= 0.6 is 0 Å². The molecule has 6 heteroatoms. The number of halogens is 3. The lowest BCUT2D eigenvalue weighted by Gasteiger charge is -2.03. The summed E-state index contributed by atoms with van der Waals surface area (Å²) in [5.74, 6) is 0. The van der Waals surface area contributed by atoms with Crippen molar-refractivity contribution >= 4 is 11.8 Å². The lowest BCUT2D eigenvalue weighted by molar-refractivity contribution is -0.141. The molecule has 3 nitrogen and oxygen atoms in total. The smallest absolute Gasteiger partial charge is 0.249 e. The fraction of sp³-hybridized carbons (Fsp3) is 0.143. The van der Waals surface area contributed by atoms with Crippen molar-refractivity contribution < 1.29 is 18.0 Å². The Labute approximate surface area is 70.9 Å². The molecule has 0 spiro atoms. The number of carbonyl (C=O) groups excluding carboxylic acids is 1. The van der Waals surface area contributed by atoms with Crippen molar-refractivity contribution in [1.82, 2.24) is 4.98 Å². The van der Waals surface area contributed by atoms with E-state index in [0.29, 0.717) is 0 Å². The summed E-state index contributed by atoms with van der Waals surface area (Å²) >= 11 is 0. The summed E-state index contributed by atoms with van der Waals surface area (Å²) in [4.78, 5) is 15.9. The first-order valence-electron chi connectivity index (χ1n) is 3.15. The molecular formula is C7H3F3N2O. The first-order chi connectivity index (χ1) is 6.04. The van der Waals surface area contributed by atoms with E-state index in [-0.39, 0.29) is 5.69 Å². The molecule has 0 saturated heterocycles. The number of aromatic nitrogens is 1. The second-order valence-electron chi connectivity index (χ2n) is 2.10. The van der Waals surface area contributed by atoms with Crippen LogP contribution in [0.4, 0.5) is 18.9 Å². The molecule has 13 heavy (non-hydrogen) atoms. The zero-order valence-corrected chi connectivity index (χ0v) is 6.17. The Morgan fingerprint density at radius 3 is 2.46 bits per heavy atom. The molecule has 0 aliphatic heterocycles. The van der Waals surface area contributed by atoms with E-state index in [0.717, 1.165) is 18.3 Å². The summed E-state index contributed by atoms with van der Waals surface area (Å²) in [5, 5.41) is 0. The van der Waals surface area contributed by atoms with Gasteiger partial charge in [-0.3, -0.25) is 0 Å². The van der Waals surface area contributed by atoms with E-state index in [2.05, 4.69) is 9.98 Å². The summed E-state index contributed by atoms with van der Waals surface area (Å²) in [7, 11) is 0. The molecule has 0 aromatic carbocycles. The summed E-state index contributed by atoms with van der Waals surface area (Å²) in [6.45, 7) is 0. The van der Waals surface area contributed by atoms with Crippen molar-refractivity contribution in [2.45, 2.75) is 6.18 Å². The average Bonchev–Trinajstić information content (AvgIpc) is 2.04. The first-order valence-corrected chi connectivity index (χ1v) is 3.15. The van der Waals surface area contributed by atoms with Crippen LogP contribution in [-0.4, -0.2) is 11.1 Å². The van der Waals surface area contributed by atoms with Gasteiger partial charge in [-0.2, -0.15) is 18.2 Å². The van der Waals surface area contributed by atoms with E-state index < -0.39 is 11.9 Å². The molecule has 0 fully saturated rings. The number of rotatable bonds is 1. The molecule has 0 saturated carbocycles. The van der Waals surface area contributed by atoms with E-state index in [1.165, 1.54) is 6.08 Å². The highest BCUT2D eigenvalue weighted by atomic mass is 19.4. The summed E-state index contributed by atoms with van der Waals surface area (Å²) in [6, 6.07) is 1.79. The van der Waals surface area contributed by atoms with Gasteiger partial charge >= 0.3 is 6.18 Å². The number of aliphatic imine (C=N–C) groups is 1. The Hall–Kier alpha value is -1.68. The van der Waals surface area contributed by atoms with Crippen molar-refractivity contribution in [3.8, 4) is 0 Å². The largest absolute Gasteiger partial charge is 0.433 e. The second-order valence-corrected chi connectivity index (χ2v) is 2.10. The zero-order valence-electron chi connectivity index (χ0n) is 6.17. The van der Waals surface area contributed by atoms with Crippen LogP contribution in [0, 0.1) is 0 Å². The third-order valence-electron chi connectivity index (χ3n) is 1.21. The molecule has 1 rings (SSSR count). The molecule has 0 bridgehead atoms. The van der Waals surface area contributed by atoms with E-state index in [1.54, 1.807) is 0 Å². The van der Waals surface area contributed by atoms with Gasteiger partial charge in [-0.1, -0.05) is 0 Å². The Bertz CT molecular complexity index is 338. The van der Waals surface area contributed by atoms with Gasteiger partial charge in [0.05, 0.1) is 11.9 Å². The van der Waals surface area contributed by atoms with Gasteiger partial charge in [0.25, 0.3) is 0 Å². The zero-order chi connectivity index (χ0) is 9.90. The number of nitrogens with zero attached hydrogens (tertiary/aromatic N) is 2. The van der Waals surface area contributed by atoms with Crippen molar-refractivity contribution in [3.05, 3.63) is 24.0 Å². The highest BCUT2D eigenvalue weighted by Crippen LogP contribution is 2.27. The van der Waals surface area contributed by atoms with Crippen molar-refractivity contribution in [1.29, 1.82) is 0 Å². The van der Waals surface area contributed by atoms with Crippen molar-refractivity contribution in [3.63, 3.8) is 0 Å². The first kappa shape index (κ1) is 9.41. The maximum atomic E-state index is 11.9. The maximum absolute atomic E-state index is 11.9. The number of pyridine rings is 1. The van der Waals surface area contributed by atoms with Gasteiger partial charge in [-0.05, 0) is 12.1 Å². The van der Waals surface area contributed by atoms with E-state index in [1.807, 2.05) is 0 Å². The minimum atomic E-state index is -4.47. The second kappa shape index (κ2) is 3.37. The topological polar surface area (TPSA) is 42.3 Å². The normalized spacial score (nSPS) is 10.7. The highest BCUT2D eigenvalue weighted by molar-refractivity contribution is 5.47. The van der Waals surface area contributed by atoms with E-state index >= 15 is 0 Å². The molecule has 0 aliphatic rings. The Balaban J connectivity index is 3.00. The lowest BCUT2D eigenvalue weighted by atomic mass is 10.3. The Morgan fingerprint density at radius 2 is 2.08 bits per heavy atom. The van der Waals surface area contributed by atoms with Crippen LogP contribution in [0.15, 0.2) is 23.3 Å². The van der Waals surface area contributed by atoms with Gasteiger partial charge in [0.15, 0.2) is 0 Å².